The number of nitrogens with one attached hydrogen (secondary N) is 2. The second kappa shape index (κ2) is 7.39. The molecule has 0 saturated carbocycles. The van der Waals surface area contributed by atoms with Gasteiger partial charge in [-0.1, -0.05) is 18.2 Å². The van der Waals surface area contributed by atoms with Gasteiger partial charge in [0.15, 0.2) is 0 Å². The highest BCUT2D eigenvalue weighted by Gasteiger charge is 2.41. The number of carbonyl (C=O) groups excluding carboxylic acids is 1. The number of piperidine rings is 1. The fourth-order valence-electron chi connectivity index (χ4n) is 3.71. The van der Waals surface area contributed by atoms with E-state index in [0.29, 0.717) is 30.7 Å². The van der Waals surface area contributed by atoms with Crippen LogP contribution in [0, 0.1) is 12.8 Å². The summed E-state index contributed by atoms with van der Waals surface area (Å²) in [6.07, 6.45) is 4.00. The van der Waals surface area contributed by atoms with Crippen LogP contribution in [0.4, 0.5) is 0 Å². The Bertz CT molecular complexity index is 770. The number of benzene rings is 1. The van der Waals surface area contributed by atoms with Crippen LogP contribution in [0.15, 0.2) is 42.9 Å². The third-order valence-corrected chi connectivity index (χ3v) is 5.23. The first-order chi connectivity index (χ1) is 12.7. The summed E-state index contributed by atoms with van der Waals surface area (Å²) in [5.74, 6) is 1.18. The van der Waals surface area contributed by atoms with Gasteiger partial charge in [-0.3, -0.25) is 15.6 Å². The quantitative estimate of drug-likeness (QED) is 0.859. The van der Waals surface area contributed by atoms with Crippen molar-refractivity contribution in [2.75, 3.05) is 19.7 Å². The third-order valence-electron chi connectivity index (χ3n) is 5.23. The number of para-hydroxylation sites is 1. The van der Waals surface area contributed by atoms with Crippen molar-refractivity contribution >= 4 is 5.91 Å². The van der Waals surface area contributed by atoms with Crippen molar-refractivity contribution in [2.24, 2.45) is 5.92 Å². The van der Waals surface area contributed by atoms with Gasteiger partial charge < -0.3 is 9.64 Å². The van der Waals surface area contributed by atoms with Crippen molar-refractivity contribution in [3.63, 3.8) is 0 Å². The van der Waals surface area contributed by atoms with Crippen LogP contribution in [0.25, 0.3) is 0 Å². The van der Waals surface area contributed by atoms with Crippen LogP contribution in [0.5, 0.6) is 5.75 Å². The highest BCUT2D eigenvalue weighted by atomic mass is 16.5. The molecule has 26 heavy (non-hydrogen) atoms. The fourth-order valence-corrected chi connectivity index (χ4v) is 3.71. The molecule has 1 amide bonds. The summed E-state index contributed by atoms with van der Waals surface area (Å²) in [6, 6.07) is 10.3. The van der Waals surface area contributed by atoms with Gasteiger partial charge in [-0.05, 0) is 25.5 Å². The molecule has 0 bridgehead atoms. The van der Waals surface area contributed by atoms with E-state index < -0.39 is 0 Å². The summed E-state index contributed by atoms with van der Waals surface area (Å²) in [4.78, 5) is 22.9. The number of amides is 1. The second-order valence-corrected chi connectivity index (χ2v) is 6.85. The minimum atomic E-state index is 0.0103. The first kappa shape index (κ1) is 16.9. The predicted molar refractivity (Wildman–Crippen MR) is 96.6 cm³/mol. The first-order valence-corrected chi connectivity index (χ1v) is 8.97. The van der Waals surface area contributed by atoms with E-state index in [2.05, 4.69) is 20.8 Å². The molecule has 7 heteroatoms. The van der Waals surface area contributed by atoms with Gasteiger partial charge in [-0.15, -0.1) is 0 Å². The van der Waals surface area contributed by atoms with Crippen LogP contribution >= 0.6 is 0 Å². The summed E-state index contributed by atoms with van der Waals surface area (Å²) in [7, 11) is 0. The van der Waals surface area contributed by atoms with Crippen LogP contribution in [-0.2, 0) is 0 Å². The highest BCUT2D eigenvalue weighted by Crippen LogP contribution is 2.26. The maximum atomic E-state index is 12.9. The Hall–Kier alpha value is -2.51. The number of nitrogens with zero attached hydrogens (tertiary/aromatic N) is 3. The molecular weight excluding hydrogens is 330 g/mol. The second-order valence-electron chi connectivity index (χ2n) is 6.85. The number of carbonyl (C=O) groups is 1. The smallest absolute Gasteiger partial charge is 0.257 e. The molecule has 3 unspecified atom stereocenters. The van der Waals surface area contributed by atoms with Gasteiger partial charge in [-0.2, -0.15) is 0 Å². The maximum Gasteiger partial charge on any atom is 0.257 e. The number of hydrogen-bond acceptors (Lipinski definition) is 6. The topological polar surface area (TPSA) is 79.4 Å². The largest absolute Gasteiger partial charge is 0.492 e. The van der Waals surface area contributed by atoms with Crippen LogP contribution in [0.3, 0.4) is 0 Å². The van der Waals surface area contributed by atoms with Crippen molar-refractivity contribution in [2.45, 2.75) is 25.4 Å². The average Bonchev–Trinajstić information content (AvgIpc) is 3.09. The Morgan fingerprint density at radius 3 is 2.96 bits per heavy atom. The summed E-state index contributed by atoms with van der Waals surface area (Å²) in [5, 5.41) is 0. The van der Waals surface area contributed by atoms with E-state index in [1.165, 1.54) is 6.33 Å². The number of likely N-dealkylation sites (tertiary alicyclic amines) is 1. The van der Waals surface area contributed by atoms with Crippen LogP contribution in [0.1, 0.15) is 22.5 Å². The molecule has 2 aliphatic rings. The standard InChI is InChI=1S/C19H23N5O2/c1-13-15(9-20-12-21-13)19(25)24-8-7-17-16(10-24)18(23-22-17)11-26-14-5-3-2-4-6-14/h2-6,9,12,16-18,22-23H,7-8,10-11H2,1H3. The van der Waals surface area contributed by atoms with E-state index in [0.717, 1.165) is 24.4 Å². The van der Waals surface area contributed by atoms with Crippen LogP contribution in [-0.4, -0.2) is 52.6 Å². The lowest BCUT2D eigenvalue weighted by molar-refractivity contribution is 0.0638. The van der Waals surface area contributed by atoms with Gasteiger partial charge in [0.1, 0.15) is 18.7 Å². The molecule has 0 aliphatic carbocycles. The molecule has 1 aromatic carbocycles. The van der Waals surface area contributed by atoms with E-state index in [1.807, 2.05) is 42.2 Å². The number of fused-ring (bicyclic) bond motifs is 1. The zero-order valence-corrected chi connectivity index (χ0v) is 14.8. The van der Waals surface area contributed by atoms with Crippen molar-refractivity contribution in [3.05, 3.63) is 54.1 Å². The average molecular weight is 353 g/mol. The molecule has 2 aromatic rings. The Kier molecular flexibility index (Phi) is 4.81. The van der Waals surface area contributed by atoms with Gasteiger partial charge in [-0.25, -0.2) is 9.97 Å². The lowest BCUT2D eigenvalue weighted by Gasteiger charge is -2.36. The number of aromatic nitrogens is 2. The molecule has 1 aromatic heterocycles. The van der Waals surface area contributed by atoms with Gasteiger partial charge in [0.25, 0.3) is 5.91 Å². The summed E-state index contributed by atoms with van der Waals surface area (Å²) >= 11 is 0. The number of ether oxygens (including phenoxy) is 1. The van der Waals surface area contributed by atoms with Crippen molar-refractivity contribution in [1.29, 1.82) is 0 Å². The number of aryl methyl sites for hydroxylation is 1. The molecule has 4 rings (SSSR count). The molecule has 2 saturated heterocycles. The van der Waals surface area contributed by atoms with Crippen molar-refractivity contribution < 1.29 is 9.53 Å². The molecule has 136 valence electrons. The number of rotatable bonds is 4. The van der Waals surface area contributed by atoms with E-state index in [4.69, 9.17) is 4.74 Å². The minimum Gasteiger partial charge on any atom is -0.492 e. The zero-order valence-electron chi connectivity index (χ0n) is 14.8. The van der Waals surface area contributed by atoms with E-state index >= 15 is 0 Å². The van der Waals surface area contributed by atoms with E-state index in [1.54, 1.807) is 6.20 Å². The lowest BCUT2D eigenvalue weighted by Crippen LogP contribution is -2.49. The molecule has 7 nitrogen and oxygen atoms in total. The predicted octanol–water partition coefficient (Wildman–Crippen LogP) is 1.17. The zero-order chi connectivity index (χ0) is 17.9. The minimum absolute atomic E-state index is 0.0103. The number of hydrazine groups is 1. The maximum absolute atomic E-state index is 12.9. The summed E-state index contributed by atoms with van der Waals surface area (Å²) in [6.45, 7) is 3.83. The Morgan fingerprint density at radius 2 is 2.15 bits per heavy atom. The summed E-state index contributed by atoms with van der Waals surface area (Å²) < 4.78 is 5.91. The molecule has 2 aliphatic heterocycles. The van der Waals surface area contributed by atoms with Gasteiger partial charge in [0, 0.05) is 31.2 Å². The van der Waals surface area contributed by atoms with Gasteiger partial charge in [0.2, 0.25) is 0 Å². The Balaban J connectivity index is 1.41. The Labute approximate surface area is 152 Å². The summed E-state index contributed by atoms with van der Waals surface area (Å²) in [5.41, 5.74) is 8.01. The molecule has 3 atom stereocenters. The van der Waals surface area contributed by atoms with Crippen molar-refractivity contribution in [1.82, 2.24) is 25.7 Å². The fraction of sp³-hybridized carbons (Fsp3) is 0.421. The first-order valence-electron chi connectivity index (χ1n) is 8.97. The van der Waals surface area contributed by atoms with Gasteiger partial charge in [0.05, 0.1) is 17.3 Å². The third kappa shape index (κ3) is 3.40. The molecule has 2 fully saturated rings. The number of hydrogen-bond donors (Lipinski definition) is 2. The van der Waals surface area contributed by atoms with Crippen LogP contribution in [0.2, 0.25) is 0 Å². The molecule has 0 radical (unpaired) electrons. The normalized spacial score (nSPS) is 25.0. The molecule has 0 spiro atoms. The molecular formula is C19H23N5O2. The lowest BCUT2D eigenvalue weighted by atomic mass is 9.88. The highest BCUT2D eigenvalue weighted by molar-refractivity contribution is 5.95. The van der Waals surface area contributed by atoms with Gasteiger partial charge >= 0.3 is 0 Å². The van der Waals surface area contributed by atoms with Crippen molar-refractivity contribution in [3.8, 4) is 5.75 Å². The SMILES string of the molecule is Cc1ncncc1C(=O)N1CCC2NNC(COc3ccccc3)C2C1. The molecule has 2 N–H and O–H groups in total. The van der Waals surface area contributed by atoms with E-state index in [-0.39, 0.29) is 11.9 Å². The molecule has 3 heterocycles. The monoisotopic (exact) mass is 353 g/mol. The Morgan fingerprint density at radius 1 is 1.31 bits per heavy atom. The van der Waals surface area contributed by atoms with E-state index in [9.17, 15) is 4.79 Å². The van der Waals surface area contributed by atoms with Crippen LogP contribution < -0.4 is 15.6 Å².